The number of thioether (sulfide) groups is 1. The van der Waals surface area contributed by atoms with Crippen LogP contribution in [0.3, 0.4) is 0 Å². The average Bonchev–Trinajstić information content (AvgIpc) is 3.43. The summed E-state index contributed by atoms with van der Waals surface area (Å²) in [5.41, 5.74) is 1.39. The highest BCUT2D eigenvalue weighted by atomic mass is 32.2. The van der Waals surface area contributed by atoms with Gasteiger partial charge in [-0.05, 0) is 61.4 Å². The number of carbonyl (C=O) groups excluding carboxylic acids is 1. The highest BCUT2D eigenvalue weighted by molar-refractivity contribution is 7.99. The second-order valence-corrected chi connectivity index (χ2v) is 7.94. The van der Waals surface area contributed by atoms with Gasteiger partial charge in [0.15, 0.2) is 16.8 Å². The third-order valence-corrected chi connectivity index (χ3v) is 5.94. The van der Waals surface area contributed by atoms with Gasteiger partial charge in [0, 0.05) is 17.7 Å². The van der Waals surface area contributed by atoms with Gasteiger partial charge in [-0.2, -0.15) is 0 Å². The summed E-state index contributed by atoms with van der Waals surface area (Å²) in [6.45, 7) is 1.39. The van der Waals surface area contributed by atoms with Gasteiger partial charge in [0.1, 0.15) is 11.6 Å². The fraction of sp³-hybridized carbons (Fsp3) is 0.318. The Hall–Kier alpha value is -2.71. The molecule has 1 aliphatic heterocycles. The molecule has 0 amide bonds. The molecule has 4 rings (SSSR count). The van der Waals surface area contributed by atoms with Crippen LogP contribution >= 0.6 is 11.8 Å². The zero-order valence-electron chi connectivity index (χ0n) is 16.6. The molecule has 6 nitrogen and oxygen atoms in total. The molecule has 1 atom stereocenters. The lowest BCUT2D eigenvalue weighted by Crippen LogP contribution is -2.17. The maximum Gasteiger partial charge on any atom is 0.192 e. The van der Waals surface area contributed by atoms with Gasteiger partial charge in [-0.25, -0.2) is 4.39 Å². The van der Waals surface area contributed by atoms with E-state index in [2.05, 4.69) is 10.2 Å². The summed E-state index contributed by atoms with van der Waals surface area (Å²) < 4.78 is 26.2. The molecule has 156 valence electrons. The molecule has 0 aliphatic carbocycles. The van der Waals surface area contributed by atoms with E-state index in [4.69, 9.17) is 9.47 Å². The summed E-state index contributed by atoms with van der Waals surface area (Å²) in [6, 6.07) is 13.2. The molecule has 1 aromatic heterocycles. The van der Waals surface area contributed by atoms with Gasteiger partial charge in [0.05, 0.1) is 25.5 Å². The van der Waals surface area contributed by atoms with Crippen LogP contribution in [0.5, 0.6) is 5.75 Å². The Balaban J connectivity index is 1.55. The van der Waals surface area contributed by atoms with Crippen LogP contribution in [-0.4, -0.2) is 46.1 Å². The van der Waals surface area contributed by atoms with Crippen molar-refractivity contribution in [3.05, 3.63) is 59.9 Å². The number of ketones is 1. The summed E-state index contributed by atoms with van der Waals surface area (Å²) in [5, 5.41) is 9.37. The highest BCUT2D eigenvalue weighted by Crippen LogP contribution is 2.28. The largest absolute Gasteiger partial charge is 0.497 e. The van der Waals surface area contributed by atoms with E-state index in [1.165, 1.54) is 36.0 Å². The fourth-order valence-electron chi connectivity index (χ4n) is 3.35. The number of ether oxygens (including phenoxy) is 2. The zero-order chi connectivity index (χ0) is 20.9. The van der Waals surface area contributed by atoms with Crippen molar-refractivity contribution in [2.75, 3.05) is 19.5 Å². The Morgan fingerprint density at radius 1 is 1.20 bits per heavy atom. The van der Waals surface area contributed by atoms with Gasteiger partial charge in [0.2, 0.25) is 0 Å². The van der Waals surface area contributed by atoms with Gasteiger partial charge in [-0.15, -0.1) is 10.2 Å². The number of methoxy groups -OCH3 is 1. The molecule has 2 aromatic carbocycles. The molecule has 1 unspecified atom stereocenters. The molecule has 0 spiro atoms. The molecule has 0 radical (unpaired) electrons. The minimum absolute atomic E-state index is 0.0855. The number of hydrogen-bond acceptors (Lipinski definition) is 6. The standard InChI is InChI=1S/C22H22FN3O3S/c1-28-18-10-6-16(7-11-18)21-24-25-22(26(21)13-19-3-2-12-29-19)30-14-20(27)15-4-8-17(23)9-5-15/h4-11,19H,2-3,12-14H2,1H3. The van der Waals surface area contributed by atoms with Crippen molar-refractivity contribution in [1.82, 2.24) is 14.8 Å². The van der Waals surface area contributed by atoms with Crippen LogP contribution in [0, 0.1) is 5.82 Å². The molecule has 2 heterocycles. The number of carbonyl (C=O) groups is 1. The molecule has 30 heavy (non-hydrogen) atoms. The second kappa shape index (κ2) is 9.40. The predicted octanol–water partition coefficient (Wildman–Crippen LogP) is 4.25. The van der Waals surface area contributed by atoms with E-state index < -0.39 is 0 Å². The van der Waals surface area contributed by atoms with Crippen molar-refractivity contribution in [3.63, 3.8) is 0 Å². The fourth-order valence-corrected chi connectivity index (χ4v) is 4.20. The van der Waals surface area contributed by atoms with Gasteiger partial charge in [-0.1, -0.05) is 11.8 Å². The molecule has 0 bridgehead atoms. The van der Waals surface area contributed by atoms with E-state index in [1.807, 2.05) is 28.8 Å². The van der Waals surface area contributed by atoms with Crippen LogP contribution in [0.1, 0.15) is 23.2 Å². The second-order valence-electron chi connectivity index (χ2n) is 7.00. The van der Waals surface area contributed by atoms with Crippen molar-refractivity contribution in [3.8, 4) is 17.1 Å². The molecule has 8 heteroatoms. The molecule has 1 aliphatic rings. The van der Waals surface area contributed by atoms with E-state index in [0.29, 0.717) is 17.3 Å². The smallest absolute Gasteiger partial charge is 0.192 e. The van der Waals surface area contributed by atoms with Crippen molar-refractivity contribution in [2.45, 2.75) is 30.6 Å². The maximum atomic E-state index is 13.1. The monoisotopic (exact) mass is 427 g/mol. The Bertz CT molecular complexity index is 999. The van der Waals surface area contributed by atoms with Crippen LogP contribution in [0.2, 0.25) is 0 Å². The Labute approximate surface area is 178 Å². The summed E-state index contributed by atoms with van der Waals surface area (Å²) in [7, 11) is 1.63. The Morgan fingerprint density at radius 3 is 2.63 bits per heavy atom. The Kier molecular flexibility index (Phi) is 6.44. The lowest BCUT2D eigenvalue weighted by molar-refractivity contribution is 0.0953. The number of halogens is 1. The topological polar surface area (TPSA) is 66.2 Å². The van der Waals surface area contributed by atoms with Crippen molar-refractivity contribution < 1.29 is 18.7 Å². The summed E-state index contributed by atoms with van der Waals surface area (Å²) in [6.07, 6.45) is 2.12. The summed E-state index contributed by atoms with van der Waals surface area (Å²) in [4.78, 5) is 12.5. The zero-order valence-corrected chi connectivity index (χ0v) is 17.4. The number of nitrogens with zero attached hydrogens (tertiary/aromatic N) is 3. The molecular weight excluding hydrogens is 405 g/mol. The van der Waals surface area contributed by atoms with Crippen molar-refractivity contribution in [1.29, 1.82) is 0 Å². The van der Waals surface area contributed by atoms with Gasteiger partial charge >= 0.3 is 0 Å². The lowest BCUT2D eigenvalue weighted by atomic mass is 10.1. The van der Waals surface area contributed by atoms with E-state index in [1.54, 1.807) is 7.11 Å². The van der Waals surface area contributed by atoms with Crippen LogP contribution < -0.4 is 4.74 Å². The molecule has 1 saturated heterocycles. The summed E-state index contributed by atoms with van der Waals surface area (Å²) >= 11 is 1.33. The normalized spacial score (nSPS) is 16.0. The number of rotatable bonds is 8. The van der Waals surface area contributed by atoms with Crippen LogP contribution in [0.15, 0.2) is 53.7 Å². The molecule has 1 fully saturated rings. The molecular formula is C22H22FN3O3S. The van der Waals surface area contributed by atoms with Gasteiger partial charge in [0.25, 0.3) is 0 Å². The van der Waals surface area contributed by atoms with Crippen LogP contribution in [0.25, 0.3) is 11.4 Å². The minimum Gasteiger partial charge on any atom is -0.497 e. The quantitative estimate of drug-likeness (QED) is 0.396. The van der Waals surface area contributed by atoms with Gasteiger partial charge < -0.3 is 9.47 Å². The maximum absolute atomic E-state index is 13.1. The number of Topliss-reactive ketones (excluding diaryl/α,β-unsaturated/α-hetero) is 1. The molecule has 0 N–H and O–H groups in total. The lowest BCUT2D eigenvalue weighted by Gasteiger charge is -2.15. The number of hydrogen-bond donors (Lipinski definition) is 0. The highest BCUT2D eigenvalue weighted by Gasteiger charge is 2.22. The van der Waals surface area contributed by atoms with E-state index in [0.717, 1.165) is 36.6 Å². The summed E-state index contributed by atoms with van der Waals surface area (Å²) in [5.74, 6) is 1.24. The Morgan fingerprint density at radius 2 is 1.97 bits per heavy atom. The first-order valence-corrected chi connectivity index (χ1v) is 10.7. The van der Waals surface area contributed by atoms with Crippen LogP contribution in [0.4, 0.5) is 4.39 Å². The number of aromatic nitrogens is 3. The first-order chi connectivity index (χ1) is 14.6. The third kappa shape index (κ3) is 4.71. The van der Waals surface area contributed by atoms with Gasteiger partial charge in [-0.3, -0.25) is 9.36 Å². The molecule has 3 aromatic rings. The van der Waals surface area contributed by atoms with Crippen molar-refractivity contribution in [2.24, 2.45) is 0 Å². The predicted molar refractivity (Wildman–Crippen MR) is 112 cm³/mol. The molecule has 0 saturated carbocycles. The number of benzene rings is 2. The minimum atomic E-state index is -0.361. The third-order valence-electron chi connectivity index (χ3n) is 4.97. The first kappa shape index (κ1) is 20.6. The van der Waals surface area contributed by atoms with Crippen molar-refractivity contribution >= 4 is 17.5 Å². The van der Waals surface area contributed by atoms with E-state index in [9.17, 15) is 9.18 Å². The van der Waals surface area contributed by atoms with Crippen LogP contribution in [-0.2, 0) is 11.3 Å². The average molecular weight is 428 g/mol. The van der Waals surface area contributed by atoms with E-state index in [-0.39, 0.29) is 23.5 Å². The SMILES string of the molecule is COc1ccc(-c2nnc(SCC(=O)c3ccc(F)cc3)n2CC2CCCO2)cc1. The first-order valence-electron chi connectivity index (χ1n) is 9.75. The van der Waals surface area contributed by atoms with E-state index >= 15 is 0 Å².